The second-order valence-electron chi connectivity index (χ2n) is 3.45. The first kappa shape index (κ1) is 10.0. The number of rotatable bonds is 2. The molecule has 0 bridgehead atoms. The Morgan fingerprint density at radius 2 is 2.27 bits per heavy atom. The Balaban J connectivity index is 2.29. The summed E-state index contributed by atoms with van der Waals surface area (Å²) in [5, 5.41) is 8.81. The lowest BCUT2D eigenvalue weighted by Gasteiger charge is -2.02. The standard InChI is InChI=1S/C9H12ClN5/c1-6-7(4-14(2)13-6)5-15-9(11)8(10)3-12-15/h3-4H,5,11H2,1-2H3. The van der Waals surface area contributed by atoms with E-state index in [4.69, 9.17) is 17.3 Å². The number of anilines is 1. The van der Waals surface area contributed by atoms with Gasteiger partial charge < -0.3 is 5.73 Å². The van der Waals surface area contributed by atoms with Crippen LogP contribution < -0.4 is 5.73 Å². The van der Waals surface area contributed by atoms with Crippen molar-refractivity contribution in [2.45, 2.75) is 13.5 Å². The van der Waals surface area contributed by atoms with Crippen LogP contribution in [0.25, 0.3) is 0 Å². The second kappa shape index (κ2) is 3.58. The van der Waals surface area contributed by atoms with Gasteiger partial charge in [-0.05, 0) is 6.92 Å². The van der Waals surface area contributed by atoms with Gasteiger partial charge in [0.05, 0.1) is 18.4 Å². The third kappa shape index (κ3) is 1.83. The quantitative estimate of drug-likeness (QED) is 0.836. The highest BCUT2D eigenvalue weighted by Gasteiger charge is 2.08. The van der Waals surface area contributed by atoms with E-state index in [0.29, 0.717) is 17.4 Å². The second-order valence-corrected chi connectivity index (χ2v) is 3.86. The van der Waals surface area contributed by atoms with Crippen LogP contribution >= 0.6 is 11.6 Å². The van der Waals surface area contributed by atoms with Crippen molar-refractivity contribution in [2.75, 3.05) is 5.73 Å². The third-order valence-electron chi connectivity index (χ3n) is 2.27. The Kier molecular flexibility index (Phi) is 2.40. The molecule has 0 atom stereocenters. The van der Waals surface area contributed by atoms with Crippen molar-refractivity contribution in [1.82, 2.24) is 19.6 Å². The monoisotopic (exact) mass is 225 g/mol. The van der Waals surface area contributed by atoms with E-state index < -0.39 is 0 Å². The van der Waals surface area contributed by atoms with E-state index >= 15 is 0 Å². The van der Waals surface area contributed by atoms with Gasteiger partial charge in [-0.15, -0.1) is 0 Å². The predicted octanol–water partition coefficient (Wildman–Crippen LogP) is 1.21. The van der Waals surface area contributed by atoms with E-state index in [1.165, 1.54) is 0 Å². The molecular formula is C9H12ClN5. The molecule has 0 fully saturated rings. The molecule has 0 saturated heterocycles. The topological polar surface area (TPSA) is 61.7 Å². The van der Waals surface area contributed by atoms with Crippen molar-refractivity contribution >= 4 is 17.4 Å². The van der Waals surface area contributed by atoms with Gasteiger partial charge in [-0.2, -0.15) is 10.2 Å². The zero-order chi connectivity index (χ0) is 11.0. The van der Waals surface area contributed by atoms with E-state index in [-0.39, 0.29) is 0 Å². The fourth-order valence-corrected chi connectivity index (χ4v) is 1.60. The number of aromatic nitrogens is 4. The van der Waals surface area contributed by atoms with Crippen molar-refractivity contribution in [3.05, 3.63) is 28.7 Å². The molecule has 2 aromatic rings. The molecule has 6 heteroatoms. The molecule has 0 radical (unpaired) electrons. The van der Waals surface area contributed by atoms with Crippen molar-refractivity contribution in [1.29, 1.82) is 0 Å². The number of nitrogens with two attached hydrogens (primary N) is 1. The maximum Gasteiger partial charge on any atom is 0.140 e. The van der Waals surface area contributed by atoms with Crippen LogP contribution in [-0.4, -0.2) is 19.6 Å². The van der Waals surface area contributed by atoms with Crippen LogP contribution in [0.3, 0.4) is 0 Å². The summed E-state index contributed by atoms with van der Waals surface area (Å²) in [4.78, 5) is 0. The van der Waals surface area contributed by atoms with E-state index in [1.54, 1.807) is 15.6 Å². The largest absolute Gasteiger partial charge is 0.383 e. The summed E-state index contributed by atoms with van der Waals surface area (Å²) in [6.07, 6.45) is 3.49. The number of nitrogen functional groups attached to an aromatic ring is 1. The van der Waals surface area contributed by atoms with Gasteiger partial charge in [-0.25, -0.2) is 4.68 Å². The minimum Gasteiger partial charge on any atom is -0.383 e. The first-order chi connectivity index (χ1) is 7.08. The maximum absolute atomic E-state index is 5.81. The normalized spacial score (nSPS) is 10.9. The van der Waals surface area contributed by atoms with Crippen LogP contribution in [0.2, 0.25) is 5.02 Å². The van der Waals surface area contributed by atoms with Gasteiger partial charge >= 0.3 is 0 Å². The zero-order valence-corrected chi connectivity index (χ0v) is 9.36. The number of hydrogen-bond acceptors (Lipinski definition) is 3. The van der Waals surface area contributed by atoms with Crippen LogP contribution in [0.4, 0.5) is 5.82 Å². The summed E-state index contributed by atoms with van der Waals surface area (Å²) in [7, 11) is 1.88. The van der Waals surface area contributed by atoms with Gasteiger partial charge in [0.15, 0.2) is 0 Å². The van der Waals surface area contributed by atoms with E-state index in [1.807, 2.05) is 20.2 Å². The van der Waals surface area contributed by atoms with Crippen molar-refractivity contribution < 1.29 is 0 Å². The van der Waals surface area contributed by atoms with E-state index in [2.05, 4.69) is 10.2 Å². The van der Waals surface area contributed by atoms with Crippen LogP contribution in [0.1, 0.15) is 11.3 Å². The number of nitrogens with zero attached hydrogens (tertiary/aromatic N) is 4. The number of aryl methyl sites for hydroxylation is 2. The Morgan fingerprint density at radius 3 is 2.73 bits per heavy atom. The van der Waals surface area contributed by atoms with Crippen LogP contribution in [0.15, 0.2) is 12.4 Å². The van der Waals surface area contributed by atoms with Gasteiger partial charge in [0.1, 0.15) is 10.8 Å². The average Bonchev–Trinajstić information content (AvgIpc) is 2.64. The maximum atomic E-state index is 5.81. The third-order valence-corrected chi connectivity index (χ3v) is 2.56. The number of halogens is 1. The highest BCUT2D eigenvalue weighted by molar-refractivity contribution is 6.32. The first-order valence-corrected chi connectivity index (χ1v) is 4.91. The Labute approximate surface area is 92.4 Å². The molecule has 5 nitrogen and oxygen atoms in total. The van der Waals surface area contributed by atoms with Gasteiger partial charge in [0.25, 0.3) is 0 Å². The molecule has 15 heavy (non-hydrogen) atoms. The summed E-state index contributed by atoms with van der Waals surface area (Å²) in [6.45, 7) is 2.55. The predicted molar refractivity (Wildman–Crippen MR) is 58.7 cm³/mol. The SMILES string of the molecule is Cc1nn(C)cc1Cn1ncc(Cl)c1N. The fourth-order valence-electron chi connectivity index (χ4n) is 1.46. The molecule has 2 rings (SSSR count). The molecular weight excluding hydrogens is 214 g/mol. The highest BCUT2D eigenvalue weighted by Crippen LogP contribution is 2.18. The lowest BCUT2D eigenvalue weighted by atomic mass is 10.3. The average molecular weight is 226 g/mol. The molecule has 0 aromatic carbocycles. The molecule has 0 saturated carbocycles. The van der Waals surface area contributed by atoms with Gasteiger partial charge in [-0.1, -0.05) is 11.6 Å². The summed E-state index contributed by atoms with van der Waals surface area (Å²) in [5.41, 5.74) is 7.81. The van der Waals surface area contributed by atoms with Crippen LogP contribution in [0, 0.1) is 6.92 Å². The van der Waals surface area contributed by atoms with E-state index in [0.717, 1.165) is 11.3 Å². The highest BCUT2D eigenvalue weighted by atomic mass is 35.5. The molecule has 0 spiro atoms. The Bertz CT molecular complexity index is 485. The lowest BCUT2D eigenvalue weighted by Crippen LogP contribution is -2.06. The first-order valence-electron chi connectivity index (χ1n) is 4.54. The number of hydrogen-bond donors (Lipinski definition) is 1. The molecule has 2 aromatic heterocycles. The summed E-state index contributed by atoms with van der Waals surface area (Å²) in [5.74, 6) is 0.486. The Hall–Kier alpha value is -1.49. The molecule has 0 aliphatic heterocycles. The van der Waals surface area contributed by atoms with Gasteiger partial charge in [0.2, 0.25) is 0 Å². The minimum absolute atomic E-state index is 0.483. The van der Waals surface area contributed by atoms with Gasteiger partial charge in [-0.3, -0.25) is 4.68 Å². The van der Waals surface area contributed by atoms with Crippen LogP contribution in [0.5, 0.6) is 0 Å². The Morgan fingerprint density at radius 1 is 1.53 bits per heavy atom. The lowest BCUT2D eigenvalue weighted by molar-refractivity contribution is 0.693. The fraction of sp³-hybridized carbons (Fsp3) is 0.333. The zero-order valence-electron chi connectivity index (χ0n) is 8.61. The summed E-state index contributed by atoms with van der Waals surface area (Å²) in [6, 6.07) is 0. The molecule has 0 unspecified atom stereocenters. The van der Waals surface area contributed by atoms with Crippen molar-refractivity contribution in [3.63, 3.8) is 0 Å². The molecule has 0 aliphatic carbocycles. The smallest absolute Gasteiger partial charge is 0.140 e. The minimum atomic E-state index is 0.483. The summed E-state index contributed by atoms with van der Waals surface area (Å²) < 4.78 is 3.43. The molecule has 80 valence electrons. The molecule has 0 aliphatic rings. The van der Waals surface area contributed by atoms with Crippen molar-refractivity contribution in [3.8, 4) is 0 Å². The van der Waals surface area contributed by atoms with Gasteiger partial charge in [0, 0.05) is 18.8 Å². The van der Waals surface area contributed by atoms with E-state index in [9.17, 15) is 0 Å². The molecule has 0 amide bonds. The van der Waals surface area contributed by atoms with Crippen LogP contribution in [-0.2, 0) is 13.6 Å². The molecule has 2 N–H and O–H groups in total. The van der Waals surface area contributed by atoms with Crippen molar-refractivity contribution in [2.24, 2.45) is 7.05 Å². The summed E-state index contributed by atoms with van der Waals surface area (Å²) >= 11 is 5.81. The molecule has 2 heterocycles.